The second kappa shape index (κ2) is 3.77. The van der Waals surface area contributed by atoms with Crippen molar-refractivity contribution in [2.45, 2.75) is 63.5 Å². The Bertz CT molecular complexity index is 445. The Balaban J connectivity index is 1.77. The molecule has 2 heterocycles. The van der Waals surface area contributed by atoms with Crippen molar-refractivity contribution in [3.05, 3.63) is 22.8 Å². The third kappa shape index (κ3) is 1.68. The van der Waals surface area contributed by atoms with Crippen LogP contribution in [0.15, 0.2) is 0 Å². The van der Waals surface area contributed by atoms with Crippen LogP contribution >= 0.6 is 0 Å². The Kier molecular flexibility index (Phi) is 2.22. The zero-order chi connectivity index (χ0) is 11.2. The number of rotatable bonds is 2. The largest absolute Gasteiger partial charge is 0.307 e. The maximum atomic E-state index is 4.94. The van der Waals surface area contributed by atoms with Gasteiger partial charge in [-0.2, -0.15) is 0 Å². The average molecular weight is 229 g/mol. The van der Waals surface area contributed by atoms with Crippen molar-refractivity contribution in [2.75, 3.05) is 0 Å². The molecule has 0 aromatic carbocycles. The summed E-state index contributed by atoms with van der Waals surface area (Å²) in [7, 11) is 0. The molecule has 4 rings (SSSR count). The lowest BCUT2D eigenvalue weighted by molar-refractivity contribution is 0.652. The van der Waals surface area contributed by atoms with Crippen LogP contribution < -0.4 is 5.32 Å². The van der Waals surface area contributed by atoms with Crippen LogP contribution in [-0.2, 0) is 13.1 Å². The zero-order valence-electron chi connectivity index (χ0n) is 10.2. The smallest absolute Gasteiger partial charge is 0.132 e. The van der Waals surface area contributed by atoms with Crippen LogP contribution in [0.25, 0.3) is 0 Å². The summed E-state index contributed by atoms with van der Waals surface area (Å²) in [5.41, 5.74) is 4.11. The van der Waals surface area contributed by atoms with Crippen LogP contribution in [0.2, 0.25) is 0 Å². The SMILES string of the molecule is C1CCC(c2nc3c(c(C4CC4)n2)CNC3)C1. The van der Waals surface area contributed by atoms with Gasteiger partial charge < -0.3 is 5.32 Å². The third-order valence-corrected chi connectivity index (χ3v) is 4.42. The molecule has 1 aromatic heterocycles. The number of nitrogens with zero attached hydrogens (tertiary/aromatic N) is 2. The van der Waals surface area contributed by atoms with Crippen LogP contribution in [0.5, 0.6) is 0 Å². The number of hydrogen-bond acceptors (Lipinski definition) is 3. The molecule has 0 radical (unpaired) electrons. The van der Waals surface area contributed by atoms with Gasteiger partial charge in [-0.15, -0.1) is 0 Å². The summed E-state index contributed by atoms with van der Waals surface area (Å²) in [5, 5.41) is 3.43. The van der Waals surface area contributed by atoms with E-state index in [1.54, 1.807) is 0 Å². The first-order valence-electron chi connectivity index (χ1n) is 7.02. The molecule has 3 heteroatoms. The van der Waals surface area contributed by atoms with Crippen molar-refractivity contribution in [1.29, 1.82) is 0 Å². The van der Waals surface area contributed by atoms with E-state index in [2.05, 4.69) is 5.32 Å². The molecule has 0 saturated heterocycles. The van der Waals surface area contributed by atoms with Gasteiger partial charge >= 0.3 is 0 Å². The molecule has 2 aliphatic carbocycles. The Labute approximate surface area is 102 Å². The fraction of sp³-hybridized carbons (Fsp3) is 0.714. The maximum absolute atomic E-state index is 4.94. The lowest BCUT2D eigenvalue weighted by atomic mass is 10.0. The van der Waals surface area contributed by atoms with Crippen LogP contribution in [0, 0.1) is 0 Å². The molecular weight excluding hydrogens is 210 g/mol. The molecule has 2 fully saturated rings. The summed E-state index contributed by atoms with van der Waals surface area (Å²) >= 11 is 0. The summed E-state index contributed by atoms with van der Waals surface area (Å²) in [4.78, 5) is 9.77. The third-order valence-electron chi connectivity index (χ3n) is 4.42. The van der Waals surface area contributed by atoms with Crippen molar-refractivity contribution in [1.82, 2.24) is 15.3 Å². The number of hydrogen-bond donors (Lipinski definition) is 1. The van der Waals surface area contributed by atoms with Gasteiger partial charge in [-0.05, 0) is 25.7 Å². The minimum Gasteiger partial charge on any atom is -0.307 e. The molecule has 3 nitrogen and oxygen atoms in total. The molecule has 0 atom stereocenters. The predicted molar refractivity (Wildman–Crippen MR) is 65.8 cm³/mol. The van der Waals surface area contributed by atoms with E-state index in [-0.39, 0.29) is 0 Å². The average Bonchev–Trinajstić information content (AvgIpc) is 2.88. The lowest BCUT2D eigenvalue weighted by Gasteiger charge is -2.12. The highest BCUT2D eigenvalue weighted by molar-refractivity contribution is 5.34. The Morgan fingerprint density at radius 1 is 0.882 bits per heavy atom. The zero-order valence-corrected chi connectivity index (χ0v) is 10.2. The second-order valence-electron chi connectivity index (χ2n) is 5.75. The standard InChI is InChI=1S/C14H19N3/c1-2-4-10(3-1)14-16-12-8-15-7-11(12)13(17-14)9-5-6-9/h9-10,15H,1-8H2. The van der Waals surface area contributed by atoms with Gasteiger partial charge in [-0.1, -0.05) is 12.8 Å². The van der Waals surface area contributed by atoms with Crippen LogP contribution in [0.1, 0.15) is 73.1 Å². The summed E-state index contributed by atoms with van der Waals surface area (Å²) in [6, 6.07) is 0. The minimum atomic E-state index is 0.651. The van der Waals surface area contributed by atoms with Crippen molar-refractivity contribution in [3.63, 3.8) is 0 Å². The molecule has 0 spiro atoms. The van der Waals surface area contributed by atoms with Gasteiger partial charge in [0.1, 0.15) is 5.82 Å². The highest BCUT2D eigenvalue weighted by Crippen LogP contribution is 2.43. The maximum Gasteiger partial charge on any atom is 0.132 e. The molecule has 90 valence electrons. The molecule has 1 aliphatic heterocycles. The Hall–Kier alpha value is -0.960. The summed E-state index contributed by atoms with van der Waals surface area (Å²) < 4.78 is 0. The monoisotopic (exact) mass is 229 g/mol. The van der Waals surface area contributed by atoms with Gasteiger partial charge in [-0.25, -0.2) is 9.97 Å². The highest BCUT2D eigenvalue weighted by atomic mass is 15.0. The van der Waals surface area contributed by atoms with E-state index in [0.717, 1.165) is 24.8 Å². The van der Waals surface area contributed by atoms with E-state index in [4.69, 9.17) is 9.97 Å². The number of nitrogens with one attached hydrogen (secondary N) is 1. The predicted octanol–water partition coefficient (Wildman–Crippen LogP) is 2.61. The highest BCUT2D eigenvalue weighted by Gasteiger charge is 2.32. The Morgan fingerprint density at radius 2 is 1.71 bits per heavy atom. The summed E-state index contributed by atoms with van der Waals surface area (Å²) in [6.07, 6.45) is 8.01. The van der Waals surface area contributed by atoms with Crippen molar-refractivity contribution in [3.8, 4) is 0 Å². The fourth-order valence-electron chi connectivity index (χ4n) is 3.28. The first-order chi connectivity index (χ1) is 8.42. The van der Waals surface area contributed by atoms with E-state index in [9.17, 15) is 0 Å². The first-order valence-corrected chi connectivity index (χ1v) is 7.02. The van der Waals surface area contributed by atoms with E-state index in [1.165, 1.54) is 55.5 Å². The van der Waals surface area contributed by atoms with Crippen LogP contribution in [-0.4, -0.2) is 9.97 Å². The van der Waals surface area contributed by atoms with Gasteiger partial charge in [0.25, 0.3) is 0 Å². The summed E-state index contributed by atoms with van der Waals surface area (Å²) in [6.45, 7) is 1.95. The fourth-order valence-corrected chi connectivity index (χ4v) is 3.28. The van der Waals surface area contributed by atoms with Gasteiger partial charge in [0, 0.05) is 30.5 Å². The van der Waals surface area contributed by atoms with E-state index in [1.807, 2.05) is 0 Å². The van der Waals surface area contributed by atoms with E-state index in [0.29, 0.717) is 5.92 Å². The van der Waals surface area contributed by atoms with Crippen molar-refractivity contribution < 1.29 is 0 Å². The molecule has 1 N–H and O–H groups in total. The van der Waals surface area contributed by atoms with E-state index < -0.39 is 0 Å². The van der Waals surface area contributed by atoms with E-state index >= 15 is 0 Å². The minimum absolute atomic E-state index is 0.651. The molecule has 0 unspecified atom stereocenters. The van der Waals surface area contributed by atoms with Crippen molar-refractivity contribution >= 4 is 0 Å². The quantitative estimate of drug-likeness (QED) is 0.847. The Morgan fingerprint density at radius 3 is 2.47 bits per heavy atom. The normalized spacial score (nSPS) is 24.2. The number of fused-ring (bicyclic) bond motifs is 1. The van der Waals surface area contributed by atoms with Gasteiger partial charge in [0.05, 0.1) is 11.4 Å². The van der Waals surface area contributed by atoms with Gasteiger partial charge in [0.2, 0.25) is 0 Å². The molecule has 17 heavy (non-hydrogen) atoms. The molecule has 0 amide bonds. The molecule has 2 saturated carbocycles. The lowest BCUT2D eigenvalue weighted by Crippen LogP contribution is -2.08. The topological polar surface area (TPSA) is 37.8 Å². The second-order valence-corrected chi connectivity index (χ2v) is 5.75. The number of aromatic nitrogens is 2. The summed E-state index contributed by atoms with van der Waals surface area (Å²) in [5.74, 6) is 2.57. The van der Waals surface area contributed by atoms with Gasteiger partial charge in [0.15, 0.2) is 0 Å². The molecule has 3 aliphatic rings. The van der Waals surface area contributed by atoms with Gasteiger partial charge in [-0.3, -0.25) is 0 Å². The van der Waals surface area contributed by atoms with Crippen LogP contribution in [0.4, 0.5) is 0 Å². The first kappa shape index (κ1) is 10.0. The van der Waals surface area contributed by atoms with Crippen LogP contribution in [0.3, 0.4) is 0 Å². The molecule has 1 aromatic rings. The van der Waals surface area contributed by atoms with Crippen molar-refractivity contribution in [2.24, 2.45) is 0 Å². The molecule has 0 bridgehead atoms. The molecular formula is C14H19N3.